The Morgan fingerprint density at radius 1 is 1.20 bits per heavy atom. The molecule has 1 N–H and O–H groups in total. The smallest absolute Gasteiger partial charge is 0.303 e. The van der Waals surface area contributed by atoms with E-state index in [9.17, 15) is 9.90 Å². The monoisotopic (exact) mass is 314 g/mol. The second-order valence-corrected chi connectivity index (χ2v) is 6.71. The number of hydrogen-bond acceptors (Lipinski definition) is 1. The van der Waals surface area contributed by atoms with Crippen LogP contribution in [-0.2, 0) is 11.2 Å². The van der Waals surface area contributed by atoms with Crippen LogP contribution in [0.4, 0.5) is 0 Å². The first kappa shape index (κ1) is 15.7. The van der Waals surface area contributed by atoms with Crippen LogP contribution < -0.4 is 0 Å². The van der Waals surface area contributed by atoms with Gasteiger partial charge in [0.2, 0.25) is 0 Å². The third-order valence-electron chi connectivity index (χ3n) is 4.37. The molecule has 20 heavy (non-hydrogen) atoms. The van der Waals surface area contributed by atoms with Crippen molar-refractivity contribution >= 4 is 29.2 Å². The van der Waals surface area contributed by atoms with Crippen molar-refractivity contribution in [3.63, 3.8) is 0 Å². The molecular formula is C16H20Cl2O2. The van der Waals surface area contributed by atoms with Crippen molar-refractivity contribution in [2.45, 2.75) is 51.4 Å². The van der Waals surface area contributed by atoms with Crippen molar-refractivity contribution in [1.82, 2.24) is 0 Å². The van der Waals surface area contributed by atoms with Gasteiger partial charge in [-0.25, -0.2) is 0 Å². The first-order valence-corrected chi connectivity index (χ1v) is 7.92. The van der Waals surface area contributed by atoms with Gasteiger partial charge < -0.3 is 5.11 Å². The van der Waals surface area contributed by atoms with Crippen LogP contribution in [0, 0.1) is 5.41 Å². The fourth-order valence-electron chi connectivity index (χ4n) is 3.27. The number of benzene rings is 1. The molecule has 0 aromatic heterocycles. The van der Waals surface area contributed by atoms with E-state index in [1.165, 1.54) is 6.42 Å². The van der Waals surface area contributed by atoms with Crippen molar-refractivity contribution in [1.29, 1.82) is 0 Å². The molecule has 0 unspecified atom stereocenters. The molecule has 1 saturated carbocycles. The molecule has 0 amide bonds. The Labute approximate surface area is 130 Å². The topological polar surface area (TPSA) is 37.3 Å². The van der Waals surface area contributed by atoms with Crippen molar-refractivity contribution in [2.75, 3.05) is 0 Å². The Kier molecular flexibility index (Phi) is 5.34. The predicted molar refractivity (Wildman–Crippen MR) is 82.6 cm³/mol. The van der Waals surface area contributed by atoms with Gasteiger partial charge in [0.15, 0.2) is 0 Å². The van der Waals surface area contributed by atoms with Gasteiger partial charge in [0.1, 0.15) is 0 Å². The van der Waals surface area contributed by atoms with Crippen molar-refractivity contribution in [3.05, 3.63) is 33.8 Å². The maximum absolute atomic E-state index is 11.2. The first-order chi connectivity index (χ1) is 9.51. The van der Waals surface area contributed by atoms with Crippen molar-refractivity contribution in [3.8, 4) is 0 Å². The highest BCUT2D eigenvalue weighted by Crippen LogP contribution is 2.43. The molecule has 1 aromatic carbocycles. The number of carboxylic acid groups (broad SMARTS) is 1. The molecule has 0 spiro atoms. The van der Waals surface area contributed by atoms with Crippen LogP contribution in [0.25, 0.3) is 0 Å². The molecule has 0 saturated heterocycles. The Morgan fingerprint density at radius 2 is 1.90 bits per heavy atom. The van der Waals surface area contributed by atoms with Gasteiger partial charge in [0, 0.05) is 10.0 Å². The number of aryl methyl sites for hydroxylation is 1. The fourth-order valence-corrected chi connectivity index (χ4v) is 3.68. The Balaban J connectivity index is 2.08. The van der Waals surface area contributed by atoms with Gasteiger partial charge in [-0.2, -0.15) is 0 Å². The van der Waals surface area contributed by atoms with E-state index in [4.69, 9.17) is 23.2 Å². The molecule has 0 heterocycles. The summed E-state index contributed by atoms with van der Waals surface area (Å²) in [5.41, 5.74) is 0.963. The molecule has 0 aliphatic heterocycles. The second-order valence-electron chi connectivity index (χ2n) is 5.87. The van der Waals surface area contributed by atoms with Crippen LogP contribution in [0.1, 0.15) is 50.5 Å². The highest BCUT2D eigenvalue weighted by atomic mass is 35.5. The van der Waals surface area contributed by atoms with E-state index in [0.29, 0.717) is 5.02 Å². The van der Waals surface area contributed by atoms with E-state index in [1.54, 1.807) is 6.07 Å². The lowest BCUT2D eigenvalue weighted by atomic mass is 9.68. The van der Waals surface area contributed by atoms with Crippen LogP contribution in [0.15, 0.2) is 18.2 Å². The SMILES string of the molecule is O=C(O)CC1(CCc2cc(Cl)ccc2Cl)CCCCC1. The number of carboxylic acids is 1. The van der Waals surface area contributed by atoms with Gasteiger partial charge in [-0.3, -0.25) is 4.79 Å². The van der Waals surface area contributed by atoms with E-state index >= 15 is 0 Å². The lowest BCUT2D eigenvalue weighted by Gasteiger charge is -2.36. The maximum Gasteiger partial charge on any atom is 0.303 e. The number of halogens is 2. The van der Waals surface area contributed by atoms with E-state index in [1.807, 2.05) is 12.1 Å². The number of hydrogen-bond donors (Lipinski definition) is 1. The molecule has 1 aromatic rings. The molecule has 4 heteroatoms. The highest BCUT2D eigenvalue weighted by Gasteiger charge is 2.34. The molecule has 0 bridgehead atoms. The molecule has 1 aliphatic rings. The molecular weight excluding hydrogens is 295 g/mol. The Bertz CT molecular complexity index is 479. The molecule has 0 radical (unpaired) electrons. The van der Waals surface area contributed by atoms with Crippen LogP contribution >= 0.6 is 23.2 Å². The van der Waals surface area contributed by atoms with Crippen molar-refractivity contribution in [2.24, 2.45) is 5.41 Å². The summed E-state index contributed by atoms with van der Waals surface area (Å²) < 4.78 is 0. The Morgan fingerprint density at radius 3 is 2.55 bits per heavy atom. The summed E-state index contributed by atoms with van der Waals surface area (Å²) in [7, 11) is 0. The first-order valence-electron chi connectivity index (χ1n) is 7.17. The number of carbonyl (C=O) groups is 1. The van der Waals surface area contributed by atoms with E-state index in [-0.39, 0.29) is 11.8 Å². The fraction of sp³-hybridized carbons (Fsp3) is 0.562. The molecule has 1 aliphatic carbocycles. The molecule has 0 atom stereocenters. The molecule has 2 nitrogen and oxygen atoms in total. The Hall–Kier alpha value is -0.730. The third-order valence-corrected chi connectivity index (χ3v) is 4.98. The lowest BCUT2D eigenvalue weighted by Crippen LogP contribution is -2.28. The third kappa shape index (κ3) is 4.13. The van der Waals surface area contributed by atoms with Crippen LogP contribution in [0.3, 0.4) is 0 Å². The minimum Gasteiger partial charge on any atom is -0.481 e. The van der Waals surface area contributed by atoms with Gasteiger partial charge in [0.25, 0.3) is 0 Å². The summed E-state index contributed by atoms with van der Waals surface area (Å²) in [5, 5.41) is 10.6. The zero-order chi connectivity index (χ0) is 14.6. The second kappa shape index (κ2) is 6.82. The van der Waals surface area contributed by atoms with Gasteiger partial charge in [-0.05, 0) is 54.9 Å². The van der Waals surface area contributed by atoms with Crippen LogP contribution in [0.2, 0.25) is 10.0 Å². The van der Waals surface area contributed by atoms with E-state index < -0.39 is 5.97 Å². The van der Waals surface area contributed by atoms with E-state index in [2.05, 4.69) is 0 Å². The zero-order valence-electron chi connectivity index (χ0n) is 11.5. The van der Waals surface area contributed by atoms with Crippen LogP contribution in [0.5, 0.6) is 0 Å². The normalized spacial score (nSPS) is 17.9. The summed E-state index contributed by atoms with van der Waals surface area (Å²) >= 11 is 12.2. The largest absolute Gasteiger partial charge is 0.481 e. The zero-order valence-corrected chi connectivity index (χ0v) is 13.0. The summed E-state index contributed by atoms with van der Waals surface area (Å²) in [6.45, 7) is 0. The average molecular weight is 315 g/mol. The summed E-state index contributed by atoms with van der Waals surface area (Å²) in [4.78, 5) is 11.2. The minimum absolute atomic E-state index is 0.0598. The van der Waals surface area contributed by atoms with Gasteiger partial charge >= 0.3 is 5.97 Å². The number of rotatable bonds is 5. The quantitative estimate of drug-likeness (QED) is 0.795. The van der Waals surface area contributed by atoms with Crippen LogP contribution in [-0.4, -0.2) is 11.1 Å². The van der Waals surface area contributed by atoms with E-state index in [0.717, 1.165) is 49.1 Å². The minimum atomic E-state index is -0.691. The maximum atomic E-state index is 11.2. The highest BCUT2D eigenvalue weighted by molar-refractivity contribution is 6.33. The summed E-state index contributed by atoms with van der Waals surface area (Å²) in [6.07, 6.45) is 7.46. The standard InChI is InChI=1S/C16H20Cl2O2/c17-13-4-5-14(18)12(10-13)6-9-16(11-15(19)20)7-2-1-3-8-16/h4-5,10H,1-3,6-9,11H2,(H,19,20). The summed E-state index contributed by atoms with van der Waals surface area (Å²) in [6, 6.07) is 5.48. The van der Waals surface area contributed by atoms with Crippen molar-refractivity contribution < 1.29 is 9.90 Å². The predicted octanol–water partition coefficient (Wildman–Crippen LogP) is 5.35. The van der Waals surface area contributed by atoms with Gasteiger partial charge in [0.05, 0.1) is 6.42 Å². The lowest BCUT2D eigenvalue weighted by molar-refractivity contribution is -0.140. The molecule has 110 valence electrons. The van der Waals surface area contributed by atoms with Gasteiger partial charge in [-0.15, -0.1) is 0 Å². The number of aliphatic carboxylic acids is 1. The molecule has 1 fully saturated rings. The van der Waals surface area contributed by atoms with Gasteiger partial charge in [-0.1, -0.05) is 42.5 Å². The summed E-state index contributed by atoms with van der Waals surface area (Å²) in [5.74, 6) is -0.691. The molecule has 2 rings (SSSR count). The average Bonchev–Trinajstić information content (AvgIpc) is 2.40.